The summed E-state index contributed by atoms with van der Waals surface area (Å²) in [4.78, 5) is 12.6. The van der Waals surface area contributed by atoms with Gasteiger partial charge in [-0.1, -0.05) is 42.5 Å². The van der Waals surface area contributed by atoms with E-state index in [2.05, 4.69) is 20.7 Å². The van der Waals surface area contributed by atoms with Crippen LogP contribution in [0.4, 0.5) is 0 Å². The second-order valence-electron chi connectivity index (χ2n) is 6.90. The van der Waals surface area contributed by atoms with Crippen LogP contribution in [0.1, 0.15) is 23.0 Å². The van der Waals surface area contributed by atoms with Crippen molar-refractivity contribution in [1.29, 1.82) is 0 Å². The molecule has 1 amide bonds. The lowest BCUT2D eigenvalue weighted by molar-refractivity contribution is 0.0950. The first-order valence-corrected chi connectivity index (χ1v) is 9.71. The number of ether oxygens (including phenoxy) is 2. The van der Waals surface area contributed by atoms with Crippen LogP contribution in [0.3, 0.4) is 0 Å². The molecule has 0 aliphatic rings. The van der Waals surface area contributed by atoms with Crippen molar-refractivity contribution >= 4 is 22.4 Å². The largest absolute Gasteiger partial charge is 0.493 e. The molecule has 0 atom stereocenters. The molecule has 0 bridgehead atoms. The highest BCUT2D eigenvalue weighted by Gasteiger charge is 2.13. The molecule has 156 valence electrons. The number of nitrogens with zero attached hydrogens (tertiary/aromatic N) is 2. The van der Waals surface area contributed by atoms with Crippen LogP contribution in [0.2, 0.25) is 0 Å². The van der Waals surface area contributed by atoms with Gasteiger partial charge < -0.3 is 9.47 Å². The fraction of sp³-hybridized carbons (Fsp3) is 0.125. The second kappa shape index (κ2) is 8.71. The van der Waals surface area contributed by atoms with E-state index in [0.717, 1.165) is 21.9 Å². The van der Waals surface area contributed by atoms with E-state index < -0.39 is 0 Å². The second-order valence-corrected chi connectivity index (χ2v) is 6.90. The highest BCUT2D eigenvalue weighted by Crippen LogP contribution is 2.28. The molecule has 0 spiro atoms. The third-order valence-corrected chi connectivity index (χ3v) is 5.01. The fourth-order valence-electron chi connectivity index (χ4n) is 3.35. The molecule has 1 heterocycles. The average Bonchev–Trinajstić information content (AvgIpc) is 3.31. The zero-order chi connectivity index (χ0) is 21.8. The van der Waals surface area contributed by atoms with E-state index in [-0.39, 0.29) is 5.91 Å². The number of aromatic nitrogens is 2. The van der Waals surface area contributed by atoms with Crippen LogP contribution in [-0.2, 0) is 0 Å². The number of fused-ring (bicyclic) bond motifs is 1. The highest BCUT2D eigenvalue weighted by molar-refractivity contribution is 6.01. The van der Waals surface area contributed by atoms with Crippen molar-refractivity contribution in [1.82, 2.24) is 15.6 Å². The Labute approximate surface area is 179 Å². The van der Waals surface area contributed by atoms with Gasteiger partial charge in [0.25, 0.3) is 5.91 Å². The Morgan fingerprint density at radius 1 is 0.968 bits per heavy atom. The van der Waals surface area contributed by atoms with E-state index in [1.165, 1.54) is 0 Å². The van der Waals surface area contributed by atoms with E-state index in [4.69, 9.17) is 9.47 Å². The van der Waals surface area contributed by atoms with E-state index in [0.29, 0.717) is 28.6 Å². The van der Waals surface area contributed by atoms with Gasteiger partial charge in [0.05, 0.1) is 25.6 Å². The lowest BCUT2D eigenvalue weighted by Crippen LogP contribution is -2.19. The monoisotopic (exact) mass is 414 g/mol. The third-order valence-electron chi connectivity index (χ3n) is 5.01. The van der Waals surface area contributed by atoms with E-state index >= 15 is 0 Å². The molecule has 0 saturated heterocycles. The lowest BCUT2D eigenvalue weighted by Gasteiger charge is -2.09. The zero-order valence-corrected chi connectivity index (χ0v) is 17.5. The summed E-state index contributed by atoms with van der Waals surface area (Å²) in [6, 6.07) is 21.2. The van der Waals surface area contributed by atoms with Crippen LogP contribution in [0.25, 0.3) is 22.0 Å². The molecule has 4 aromatic rings. The molecule has 0 radical (unpaired) electrons. The Morgan fingerprint density at radius 3 is 2.55 bits per heavy atom. The third kappa shape index (κ3) is 4.11. The quantitative estimate of drug-likeness (QED) is 0.362. The maximum atomic E-state index is 12.6. The van der Waals surface area contributed by atoms with Crippen molar-refractivity contribution in [2.75, 3.05) is 14.2 Å². The van der Waals surface area contributed by atoms with Crippen LogP contribution >= 0.6 is 0 Å². The van der Waals surface area contributed by atoms with Crippen molar-refractivity contribution in [2.24, 2.45) is 5.10 Å². The van der Waals surface area contributed by atoms with Crippen molar-refractivity contribution in [2.45, 2.75) is 6.92 Å². The first kappa shape index (κ1) is 20.2. The van der Waals surface area contributed by atoms with Gasteiger partial charge in [-0.15, -0.1) is 0 Å². The molecular weight excluding hydrogens is 392 g/mol. The molecule has 31 heavy (non-hydrogen) atoms. The number of H-pyrrole nitrogens is 1. The Morgan fingerprint density at radius 2 is 1.74 bits per heavy atom. The molecule has 1 aromatic heterocycles. The summed E-state index contributed by atoms with van der Waals surface area (Å²) in [6.45, 7) is 1.80. The van der Waals surface area contributed by atoms with E-state index in [9.17, 15) is 4.79 Å². The van der Waals surface area contributed by atoms with Crippen LogP contribution in [-0.4, -0.2) is 36.0 Å². The molecular formula is C24H22N4O3. The van der Waals surface area contributed by atoms with Crippen molar-refractivity contribution in [3.05, 3.63) is 78.0 Å². The first-order chi connectivity index (χ1) is 15.1. The van der Waals surface area contributed by atoms with Gasteiger partial charge in [-0.25, -0.2) is 5.43 Å². The highest BCUT2D eigenvalue weighted by atomic mass is 16.5. The van der Waals surface area contributed by atoms with E-state index in [1.807, 2.05) is 48.5 Å². The van der Waals surface area contributed by atoms with Crippen LogP contribution in [0.5, 0.6) is 11.5 Å². The number of hydrogen-bond donors (Lipinski definition) is 2. The number of nitrogens with one attached hydrogen (secondary N) is 2. The molecule has 3 aromatic carbocycles. The molecule has 0 aliphatic heterocycles. The van der Waals surface area contributed by atoms with Crippen molar-refractivity contribution < 1.29 is 14.3 Å². The SMILES string of the molecule is COc1ccc(/C(C)=N\NC(=O)c2cc(-c3cccc4ccccc34)n[nH]2)cc1OC. The number of carbonyl (C=O) groups is 1. The Balaban J connectivity index is 1.53. The van der Waals surface area contributed by atoms with Crippen molar-refractivity contribution in [3.63, 3.8) is 0 Å². The predicted octanol–water partition coefficient (Wildman–Crippen LogP) is 4.40. The lowest BCUT2D eigenvalue weighted by atomic mass is 10.0. The molecule has 7 nitrogen and oxygen atoms in total. The van der Waals surface area contributed by atoms with Gasteiger partial charge in [-0.05, 0) is 42.0 Å². The maximum absolute atomic E-state index is 12.6. The van der Waals surface area contributed by atoms with Gasteiger partial charge in [-0.2, -0.15) is 10.2 Å². The Kier molecular flexibility index (Phi) is 5.66. The van der Waals surface area contributed by atoms with Gasteiger partial charge in [-0.3, -0.25) is 9.89 Å². The van der Waals surface area contributed by atoms with Crippen molar-refractivity contribution in [3.8, 4) is 22.8 Å². The summed E-state index contributed by atoms with van der Waals surface area (Å²) in [6.07, 6.45) is 0. The molecule has 0 saturated carbocycles. The number of rotatable bonds is 6. The predicted molar refractivity (Wildman–Crippen MR) is 121 cm³/mol. The molecule has 2 N–H and O–H groups in total. The normalized spacial score (nSPS) is 11.4. The zero-order valence-electron chi connectivity index (χ0n) is 17.5. The molecule has 0 unspecified atom stereocenters. The summed E-state index contributed by atoms with van der Waals surface area (Å²) in [5.41, 5.74) is 5.98. The molecule has 7 heteroatoms. The van der Waals surface area contributed by atoms with Crippen LogP contribution in [0.15, 0.2) is 71.8 Å². The van der Waals surface area contributed by atoms with Gasteiger partial charge >= 0.3 is 0 Å². The molecule has 0 aliphatic carbocycles. The number of aromatic amines is 1. The minimum Gasteiger partial charge on any atom is -0.493 e. The van der Waals surface area contributed by atoms with E-state index in [1.54, 1.807) is 39.3 Å². The number of methoxy groups -OCH3 is 2. The number of hydrogen-bond acceptors (Lipinski definition) is 5. The summed E-state index contributed by atoms with van der Waals surface area (Å²) in [5.74, 6) is 0.842. The Hall–Kier alpha value is -4.13. The minimum atomic E-state index is -0.376. The van der Waals surface area contributed by atoms with Crippen LogP contribution in [0, 0.1) is 0 Å². The molecule has 0 fully saturated rings. The summed E-state index contributed by atoms with van der Waals surface area (Å²) < 4.78 is 10.6. The smallest absolute Gasteiger partial charge is 0.289 e. The van der Waals surface area contributed by atoms with Crippen LogP contribution < -0.4 is 14.9 Å². The standard InChI is InChI=1S/C24H22N4O3/c1-15(17-11-12-22(30-2)23(13-17)31-3)25-28-24(29)21-14-20(26-27-21)19-10-6-8-16-7-4-5-9-18(16)19/h4-14H,1-3H3,(H,26,27)(H,28,29)/b25-15-. The first-order valence-electron chi connectivity index (χ1n) is 9.71. The van der Waals surface area contributed by atoms with Gasteiger partial charge in [0.15, 0.2) is 11.5 Å². The number of amides is 1. The number of hydrazone groups is 1. The Bertz CT molecular complexity index is 1270. The average molecular weight is 414 g/mol. The topological polar surface area (TPSA) is 88.6 Å². The van der Waals surface area contributed by atoms with Gasteiger partial charge in [0, 0.05) is 11.1 Å². The number of carbonyl (C=O) groups excluding carboxylic acids is 1. The minimum absolute atomic E-state index is 0.326. The van der Waals surface area contributed by atoms with Gasteiger partial charge in [0.1, 0.15) is 5.69 Å². The maximum Gasteiger partial charge on any atom is 0.289 e. The summed E-state index contributed by atoms with van der Waals surface area (Å²) in [5, 5.41) is 13.5. The van der Waals surface area contributed by atoms with Gasteiger partial charge in [0.2, 0.25) is 0 Å². The summed E-state index contributed by atoms with van der Waals surface area (Å²) >= 11 is 0. The fourth-order valence-corrected chi connectivity index (χ4v) is 3.35. The number of benzene rings is 3. The summed E-state index contributed by atoms with van der Waals surface area (Å²) in [7, 11) is 3.15. The molecule has 4 rings (SSSR count).